The Morgan fingerprint density at radius 1 is 0.337 bits per heavy atom. The van der Waals surface area contributed by atoms with Gasteiger partial charge in [-0.3, -0.25) is 14.2 Å². The van der Waals surface area contributed by atoms with Gasteiger partial charge < -0.3 is 27.9 Å². The normalized spacial score (nSPS) is 13.2. The number of unbranched alkanes of at least 4 members (excludes halogenated alkanes) is 57. The van der Waals surface area contributed by atoms with Gasteiger partial charge in [0.2, 0.25) is 0 Å². The van der Waals surface area contributed by atoms with Crippen LogP contribution < -0.4 is 4.89 Å². The van der Waals surface area contributed by atoms with Gasteiger partial charge in [-0.05, 0) is 51.4 Å². The number of phosphoric ester groups is 1. The van der Waals surface area contributed by atoms with E-state index in [4.69, 9.17) is 18.5 Å². The summed E-state index contributed by atoms with van der Waals surface area (Å²) < 4.78 is 34.5. The van der Waals surface area contributed by atoms with Crippen molar-refractivity contribution < 1.29 is 42.1 Å². The van der Waals surface area contributed by atoms with Crippen molar-refractivity contribution in [3.63, 3.8) is 0 Å². The number of carbonyl (C=O) groups excluding carboxylic acids is 2. The number of hydrogen-bond donors (Lipinski definition) is 0. The second-order valence-corrected chi connectivity index (χ2v) is 31.2. The summed E-state index contributed by atoms with van der Waals surface area (Å²) in [5.41, 5.74) is 0. The minimum atomic E-state index is -4.64. The van der Waals surface area contributed by atoms with E-state index in [1.807, 2.05) is 21.1 Å². The van der Waals surface area contributed by atoms with E-state index in [9.17, 15) is 19.0 Å². The van der Waals surface area contributed by atoms with Crippen molar-refractivity contribution in [1.82, 2.24) is 0 Å². The number of phosphoric acid groups is 1. The van der Waals surface area contributed by atoms with Gasteiger partial charge in [0.05, 0.1) is 27.7 Å². The largest absolute Gasteiger partial charge is 0.756 e. The van der Waals surface area contributed by atoms with Gasteiger partial charge in [-0.15, -0.1) is 0 Å². The Morgan fingerprint density at radius 2 is 0.600 bits per heavy atom. The van der Waals surface area contributed by atoms with Crippen molar-refractivity contribution in [3.05, 3.63) is 48.6 Å². The number of likely N-dealkylation sites (N-methyl/N-ethyl adjacent to an activating group) is 1. The molecule has 9 nitrogen and oxygen atoms in total. The van der Waals surface area contributed by atoms with Crippen LogP contribution in [0.4, 0.5) is 0 Å². The minimum Gasteiger partial charge on any atom is -0.756 e. The molecule has 0 rings (SSSR count). The highest BCUT2D eigenvalue weighted by Crippen LogP contribution is 2.38. The second-order valence-electron chi connectivity index (χ2n) is 29.8. The lowest BCUT2D eigenvalue weighted by molar-refractivity contribution is -0.870. The number of ether oxygens (including phenoxy) is 2. The Morgan fingerprint density at radius 3 is 0.895 bits per heavy atom. The van der Waals surface area contributed by atoms with Crippen LogP contribution in [-0.4, -0.2) is 70.0 Å². The third-order valence-corrected chi connectivity index (χ3v) is 20.1. The number of allylic oxidation sites excluding steroid dienone is 8. The van der Waals surface area contributed by atoms with Crippen LogP contribution >= 0.6 is 7.82 Å². The van der Waals surface area contributed by atoms with Crippen LogP contribution in [0.15, 0.2) is 48.6 Å². The maximum Gasteiger partial charge on any atom is 0.306 e. The Bertz CT molecular complexity index is 1740. The average molecular weight is 1360 g/mol. The van der Waals surface area contributed by atoms with E-state index in [1.54, 1.807) is 0 Å². The van der Waals surface area contributed by atoms with Gasteiger partial charge in [0.25, 0.3) is 7.82 Å². The molecule has 0 aromatic heterocycles. The smallest absolute Gasteiger partial charge is 0.306 e. The molecule has 0 saturated heterocycles. The molecule has 0 radical (unpaired) electrons. The van der Waals surface area contributed by atoms with Crippen molar-refractivity contribution in [2.45, 2.75) is 437 Å². The summed E-state index contributed by atoms with van der Waals surface area (Å²) in [6.45, 7) is 4.21. The Labute approximate surface area is 592 Å². The number of hydrogen-bond acceptors (Lipinski definition) is 8. The molecule has 0 bridgehead atoms. The topological polar surface area (TPSA) is 111 Å². The molecule has 0 saturated carbocycles. The molecule has 0 aliphatic rings. The fraction of sp³-hybridized carbons (Fsp3) is 0.882. The predicted octanol–water partition coefficient (Wildman–Crippen LogP) is 27.3. The number of rotatable bonds is 79. The van der Waals surface area contributed by atoms with Gasteiger partial charge >= 0.3 is 11.9 Å². The molecule has 0 aliphatic carbocycles. The zero-order chi connectivity index (χ0) is 69.0. The first-order chi connectivity index (χ1) is 46.5. The fourth-order valence-electron chi connectivity index (χ4n) is 12.8. The average Bonchev–Trinajstić information content (AvgIpc) is 1.80. The highest BCUT2D eigenvalue weighted by atomic mass is 31.2. The minimum absolute atomic E-state index is 0.0277. The number of quaternary nitrogens is 1. The molecule has 0 heterocycles. The molecule has 560 valence electrons. The number of esters is 2. The molecule has 0 fully saturated rings. The van der Waals surface area contributed by atoms with Crippen molar-refractivity contribution >= 4 is 19.8 Å². The number of carbonyl (C=O) groups is 2. The van der Waals surface area contributed by atoms with E-state index in [2.05, 4.69) is 62.5 Å². The van der Waals surface area contributed by atoms with E-state index >= 15 is 0 Å². The van der Waals surface area contributed by atoms with E-state index in [0.29, 0.717) is 17.4 Å². The Hall–Kier alpha value is -2.03. The Kier molecular flexibility index (Phi) is 74.5. The summed E-state index contributed by atoms with van der Waals surface area (Å²) in [7, 11) is 1.19. The standard InChI is InChI=1S/C85H162NO8P/c1-6-8-10-12-14-16-18-20-22-24-26-28-30-32-34-36-38-40-41-42-43-44-46-47-49-51-53-55-57-59-61-63-65-67-69-71-73-75-77-84(87)91-81-83(82-93-95(89,90)92-80-79-86(3,4)5)94-85(88)78-76-74-72-70-68-66-64-62-60-58-56-54-52-50-48-45-39-37-35-33-31-29-27-25-23-21-19-17-15-13-11-9-7-2/h9,11,15,17,21,23,27,29,83H,6-8,10,12-14,16,18-20,22,24-26,28,30-82H2,1-5H3/b11-9-,17-15-,23-21-,29-27-. The summed E-state index contributed by atoms with van der Waals surface area (Å²) >= 11 is 0. The summed E-state index contributed by atoms with van der Waals surface area (Å²) in [5, 5.41) is 0. The highest BCUT2D eigenvalue weighted by Gasteiger charge is 2.22. The van der Waals surface area contributed by atoms with Crippen LogP contribution in [0.3, 0.4) is 0 Å². The molecule has 2 atom stereocenters. The fourth-order valence-corrected chi connectivity index (χ4v) is 13.5. The van der Waals surface area contributed by atoms with E-state index < -0.39 is 26.5 Å². The molecule has 0 aromatic carbocycles. The lowest BCUT2D eigenvalue weighted by Gasteiger charge is -2.28. The van der Waals surface area contributed by atoms with Gasteiger partial charge in [-0.25, -0.2) is 0 Å². The summed E-state index contributed by atoms with van der Waals surface area (Å²) in [6, 6.07) is 0. The SMILES string of the molecule is CC/C=C\C/C=C\C/C=C\C/C=C\CCCCCCCCCCCCCCCCCCCCCCC(=O)OC(COC(=O)CCCCCCCCCCCCCCCCCCCCCCCCCCCCCCCCCCCCCCCC)COP(=O)([O-])OCC[N+](C)(C)C. The monoisotopic (exact) mass is 1360 g/mol. The summed E-state index contributed by atoms with van der Waals surface area (Å²) in [6.07, 6.45) is 101. The maximum atomic E-state index is 12.9. The van der Waals surface area contributed by atoms with Crippen molar-refractivity contribution in [2.75, 3.05) is 47.5 Å². The molecule has 2 unspecified atom stereocenters. The van der Waals surface area contributed by atoms with Crippen LogP contribution in [0.2, 0.25) is 0 Å². The van der Waals surface area contributed by atoms with Crippen LogP contribution in [0.5, 0.6) is 0 Å². The van der Waals surface area contributed by atoms with Gasteiger partial charge in [0, 0.05) is 12.8 Å². The lowest BCUT2D eigenvalue weighted by atomic mass is 10.0. The molecule has 0 N–H and O–H groups in total. The molecular formula is C85H162NO8P. The van der Waals surface area contributed by atoms with Crippen LogP contribution in [-0.2, 0) is 32.7 Å². The van der Waals surface area contributed by atoms with Gasteiger partial charge in [-0.1, -0.05) is 416 Å². The molecule has 0 spiro atoms. The summed E-state index contributed by atoms with van der Waals surface area (Å²) in [4.78, 5) is 38.2. The third kappa shape index (κ3) is 80.8. The van der Waals surface area contributed by atoms with Crippen LogP contribution in [0, 0.1) is 0 Å². The van der Waals surface area contributed by atoms with Crippen molar-refractivity contribution in [3.8, 4) is 0 Å². The zero-order valence-corrected chi connectivity index (χ0v) is 65.0. The number of nitrogens with zero attached hydrogens (tertiary/aromatic N) is 1. The Balaban J connectivity index is 3.87. The summed E-state index contributed by atoms with van der Waals surface area (Å²) in [5.74, 6) is -0.807. The van der Waals surface area contributed by atoms with Crippen LogP contribution in [0.25, 0.3) is 0 Å². The van der Waals surface area contributed by atoms with E-state index in [1.165, 1.54) is 340 Å². The van der Waals surface area contributed by atoms with Crippen molar-refractivity contribution in [1.29, 1.82) is 0 Å². The molecule has 0 aliphatic heterocycles. The first-order valence-electron chi connectivity index (χ1n) is 41.8. The molecule has 0 amide bonds. The van der Waals surface area contributed by atoms with Gasteiger partial charge in [-0.2, -0.15) is 0 Å². The first-order valence-corrected chi connectivity index (χ1v) is 43.3. The van der Waals surface area contributed by atoms with Crippen molar-refractivity contribution in [2.24, 2.45) is 0 Å². The molecule has 95 heavy (non-hydrogen) atoms. The molecule has 10 heteroatoms. The maximum absolute atomic E-state index is 12.9. The molecular weight excluding hydrogens is 1190 g/mol. The molecule has 0 aromatic rings. The van der Waals surface area contributed by atoms with Gasteiger partial charge in [0.15, 0.2) is 6.10 Å². The van der Waals surface area contributed by atoms with E-state index in [-0.39, 0.29) is 32.0 Å². The first kappa shape index (κ1) is 93.0. The lowest BCUT2D eigenvalue weighted by Crippen LogP contribution is -2.37. The predicted molar refractivity (Wildman–Crippen MR) is 411 cm³/mol. The third-order valence-electron chi connectivity index (χ3n) is 19.1. The quantitative estimate of drug-likeness (QED) is 0.0195. The highest BCUT2D eigenvalue weighted by molar-refractivity contribution is 7.45. The second kappa shape index (κ2) is 76.2. The zero-order valence-electron chi connectivity index (χ0n) is 64.1. The van der Waals surface area contributed by atoms with E-state index in [0.717, 1.165) is 57.8 Å². The van der Waals surface area contributed by atoms with Gasteiger partial charge in [0.1, 0.15) is 19.8 Å². The van der Waals surface area contributed by atoms with Crippen LogP contribution in [0.1, 0.15) is 431 Å².